The van der Waals surface area contributed by atoms with E-state index in [1.165, 1.54) is 6.07 Å². The molecule has 0 aromatic heterocycles. The van der Waals surface area contributed by atoms with Crippen molar-refractivity contribution in [1.29, 1.82) is 0 Å². The minimum absolute atomic E-state index is 0.0350. The number of para-hydroxylation sites is 1. The van der Waals surface area contributed by atoms with Gasteiger partial charge in [0.25, 0.3) is 0 Å². The Morgan fingerprint density at radius 1 is 1.03 bits per heavy atom. The summed E-state index contributed by atoms with van der Waals surface area (Å²) in [6.07, 6.45) is 4.00. The van der Waals surface area contributed by atoms with Gasteiger partial charge >= 0.3 is 0 Å². The summed E-state index contributed by atoms with van der Waals surface area (Å²) >= 11 is 5.98. The highest BCUT2D eigenvalue weighted by Crippen LogP contribution is 2.44. The molecule has 4 heteroatoms. The van der Waals surface area contributed by atoms with Crippen molar-refractivity contribution >= 4 is 11.6 Å². The van der Waals surface area contributed by atoms with Gasteiger partial charge in [-0.05, 0) is 72.4 Å². The average molecular weight is 411 g/mol. The second kappa shape index (κ2) is 8.79. The molecule has 1 atom stereocenters. The summed E-state index contributed by atoms with van der Waals surface area (Å²) < 4.78 is 34.6. The molecule has 1 unspecified atom stereocenters. The average Bonchev–Trinajstić information content (AvgIpc) is 3.55. The largest absolute Gasteiger partial charge is 0.454 e. The first kappa shape index (κ1) is 19.7. The van der Waals surface area contributed by atoms with E-state index in [1.807, 2.05) is 42.5 Å². The number of benzene rings is 3. The Morgan fingerprint density at radius 2 is 1.76 bits per heavy atom. The summed E-state index contributed by atoms with van der Waals surface area (Å²) in [5.74, 6) is 0.432. The van der Waals surface area contributed by atoms with E-state index in [1.54, 1.807) is 30.3 Å². The molecule has 29 heavy (non-hydrogen) atoms. The fraction of sp³-hybridized carbons (Fsp3) is 0.200. The summed E-state index contributed by atoms with van der Waals surface area (Å²) in [4.78, 5) is 0. The van der Waals surface area contributed by atoms with Crippen LogP contribution >= 0.6 is 11.6 Å². The van der Waals surface area contributed by atoms with Gasteiger partial charge in [-0.25, -0.2) is 8.78 Å². The molecule has 1 fully saturated rings. The lowest BCUT2D eigenvalue weighted by Crippen LogP contribution is -2.00. The third kappa shape index (κ3) is 5.24. The molecule has 0 amide bonds. The van der Waals surface area contributed by atoms with Crippen molar-refractivity contribution in [3.05, 3.63) is 107 Å². The first-order chi connectivity index (χ1) is 14.1. The number of halogens is 3. The standard InChI is InChI=1S/C25H21ClF2O/c26-20-11-9-19(10-12-20)23(18-7-8-18)16-21(27)14-17-6-13-24(28)25(15-17)29-22-4-2-1-3-5-22/h1-6,9-13,15-16,18,23H,7-8,14H2/b21-16-. The van der Waals surface area contributed by atoms with Gasteiger partial charge in [0.05, 0.1) is 0 Å². The number of ether oxygens (including phenoxy) is 1. The Labute approximate surface area is 174 Å². The van der Waals surface area contributed by atoms with Gasteiger partial charge in [0, 0.05) is 17.4 Å². The molecule has 0 bridgehead atoms. The Kier molecular flexibility index (Phi) is 5.96. The van der Waals surface area contributed by atoms with Crippen molar-refractivity contribution in [2.24, 2.45) is 5.92 Å². The molecule has 0 radical (unpaired) electrons. The van der Waals surface area contributed by atoms with Gasteiger partial charge in [-0.3, -0.25) is 0 Å². The lowest BCUT2D eigenvalue weighted by atomic mass is 9.93. The first-order valence-electron chi connectivity index (χ1n) is 9.71. The summed E-state index contributed by atoms with van der Waals surface area (Å²) in [6, 6.07) is 21.0. The van der Waals surface area contributed by atoms with Crippen LogP contribution in [0.25, 0.3) is 0 Å². The van der Waals surface area contributed by atoms with Crippen LogP contribution in [-0.2, 0) is 6.42 Å². The minimum atomic E-state index is -0.473. The molecule has 0 saturated heterocycles. The van der Waals surface area contributed by atoms with Crippen LogP contribution in [0.2, 0.25) is 5.02 Å². The zero-order valence-electron chi connectivity index (χ0n) is 15.8. The van der Waals surface area contributed by atoms with E-state index in [0.717, 1.165) is 18.4 Å². The molecule has 148 valence electrons. The van der Waals surface area contributed by atoms with Crippen LogP contribution in [0, 0.1) is 11.7 Å². The zero-order chi connectivity index (χ0) is 20.2. The zero-order valence-corrected chi connectivity index (χ0v) is 16.6. The maximum atomic E-state index is 14.9. The van der Waals surface area contributed by atoms with Crippen molar-refractivity contribution < 1.29 is 13.5 Å². The maximum Gasteiger partial charge on any atom is 0.165 e. The van der Waals surface area contributed by atoms with Gasteiger partial charge < -0.3 is 4.74 Å². The van der Waals surface area contributed by atoms with Crippen LogP contribution in [0.15, 0.2) is 84.7 Å². The van der Waals surface area contributed by atoms with Crippen molar-refractivity contribution in [2.45, 2.75) is 25.2 Å². The molecule has 1 saturated carbocycles. The molecule has 1 aliphatic rings. The van der Waals surface area contributed by atoms with E-state index < -0.39 is 5.82 Å². The lowest BCUT2D eigenvalue weighted by molar-refractivity contribution is 0.441. The summed E-state index contributed by atoms with van der Waals surface area (Å²) in [7, 11) is 0. The summed E-state index contributed by atoms with van der Waals surface area (Å²) in [6.45, 7) is 0. The monoisotopic (exact) mass is 410 g/mol. The van der Waals surface area contributed by atoms with E-state index in [9.17, 15) is 8.78 Å². The van der Waals surface area contributed by atoms with Gasteiger partial charge in [0.2, 0.25) is 0 Å². The van der Waals surface area contributed by atoms with Gasteiger partial charge in [0.15, 0.2) is 11.6 Å². The third-order valence-corrected chi connectivity index (χ3v) is 5.34. The maximum absolute atomic E-state index is 14.9. The number of hydrogen-bond donors (Lipinski definition) is 0. The third-order valence-electron chi connectivity index (χ3n) is 5.08. The van der Waals surface area contributed by atoms with Crippen LogP contribution in [-0.4, -0.2) is 0 Å². The minimum Gasteiger partial charge on any atom is -0.454 e. The molecular formula is C25H21ClF2O. The van der Waals surface area contributed by atoms with E-state index in [4.69, 9.17) is 16.3 Å². The molecule has 3 aromatic carbocycles. The summed E-state index contributed by atoms with van der Waals surface area (Å²) in [5, 5.41) is 0.671. The molecule has 3 aromatic rings. The molecule has 1 nitrogen and oxygen atoms in total. The quantitative estimate of drug-likeness (QED) is 0.385. The van der Waals surface area contributed by atoms with E-state index in [-0.39, 0.29) is 23.9 Å². The molecular weight excluding hydrogens is 390 g/mol. The molecule has 0 aliphatic heterocycles. The molecule has 1 aliphatic carbocycles. The highest BCUT2D eigenvalue weighted by molar-refractivity contribution is 6.30. The van der Waals surface area contributed by atoms with Gasteiger partial charge in [0.1, 0.15) is 11.6 Å². The highest BCUT2D eigenvalue weighted by atomic mass is 35.5. The topological polar surface area (TPSA) is 9.23 Å². The number of rotatable bonds is 7. The Balaban J connectivity index is 1.51. The lowest BCUT2D eigenvalue weighted by Gasteiger charge is -2.13. The second-order valence-electron chi connectivity index (χ2n) is 7.38. The number of allylic oxidation sites excluding steroid dienone is 2. The van der Waals surface area contributed by atoms with Crippen LogP contribution in [0.3, 0.4) is 0 Å². The van der Waals surface area contributed by atoms with Gasteiger partial charge in [-0.1, -0.05) is 48.0 Å². The second-order valence-corrected chi connectivity index (χ2v) is 7.82. The summed E-state index contributed by atoms with van der Waals surface area (Å²) in [5.41, 5.74) is 1.73. The van der Waals surface area contributed by atoms with Crippen LogP contribution in [0.5, 0.6) is 11.5 Å². The Hall–Kier alpha value is -2.65. The van der Waals surface area contributed by atoms with Crippen molar-refractivity contribution in [2.75, 3.05) is 0 Å². The van der Waals surface area contributed by atoms with Crippen molar-refractivity contribution in [3.63, 3.8) is 0 Å². The normalized spacial score (nSPS) is 15.2. The smallest absolute Gasteiger partial charge is 0.165 e. The molecule has 0 heterocycles. The van der Waals surface area contributed by atoms with E-state index in [0.29, 0.717) is 22.3 Å². The van der Waals surface area contributed by atoms with Gasteiger partial charge in [-0.15, -0.1) is 0 Å². The number of hydrogen-bond acceptors (Lipinski definition) is 1. The SMILES string of the molecule is F/C(=C\C(c1ccc(Cl)cc1)C1CC1)Cc1ccc(F)c(Oc2ccccc2)c1. The van der Waals surface area contributed by atoms with Crippen molar-refractivity contribution in [3.8, 4) is 11.5 Å². The Bertz CT molecular complexity index is 995. The predicted molar refractivity (Wildman–Crippen MR) is 113 cm³/mol. The Morgan fingerprint density at radius 3 is 2.45 bits per heavy atom. The van der Waals surface area contributed by atoms with E-state index >= 15 is 0 Å². The fourth-order valence-corrected chi connectivity index (χ4v) is 3.57. The van der Waals surface area contributed by atoms with Crippen LogP contribution < -0.4 is 4.74 Å². The first-order valence-corrected chi connectivity index (χ1v) is 10.1. The van der Waals surface area contributed by atoms with Crippen LogP contribution in [0.1, 0.15) is 29.9 Å². The van der Waals surface area contributed by atoms with Gasteiger partial charge in [-0.2, -0.15) is 0 Å². The molecule has 0 spiro atoms. The predicted octanol–water partition coefficient (Wildman–Crippen LogP) is 7.86. The fourth-order valence-electron chi connectivity index (χ4n) is 3.45. The van der Waals surface area contributed by atoms with Crippen LogP contribution in [0.4, 0.5) is 8.78 Å². The molecule has 4 rings (SSSR count). The highest BCUT2D eigenvalue weighted by Gasteiger charge is 2.31. The van der Waals surface area contributed by atoms with Crippen molar-refractivity contribution in [1.82, 2.24) is 0 Å². The van der Waals surface area contributed by atoms with E-state index in [2.05, 4.69) is 0 Å². The molecule has 0 N–H and O–H groups in total.